The van der Waals surface area contributed by atoms with Crippen LogP contribution in [0.4, 0.5) is 5.69 Å². The van der Waals surface area contributed by atoms with Gasteiger partial charge in [-0.15, -0.1) is 0 Å². The molecule has 0 spiro atoms. The zero-order chi connectivity index (χ0) is 13.0. The molecule has 1 unspecified atom stereocenters. The van der Waals surface area contributed by atoms with Crippen LogP contribution in [-0.4, -0.2) is 5.54 Å². The van der Waals surface area contributed by atoms with E-state index >= 15 is 0 Å². The van der Waals surface area contributed by atoms with Gasteiger partial charge in [0.2, 0.25) is 0 Å². The standard InChI is InChI=1S/C15H19BrN2/c1-15(11-17,12-6-3-2-4-7-12)18-14-9-5-8-13(16)10-14/h5,8-10,12,18H,2-4,6-7H2,1H3. The summed E-state index contributed by atoms with van der Waals surface area (Å²) >= 11 is 3.46. The average molecular weight is 307 g/mol. The fraction of sp³-hybridized carbons (Fsp3) is 0.533. The third kappa shape index (κ3) is 3.05. The highest BCUT2D eigenvalue weighted by molar-refractivity contribution is 9.10. The summed E-state index contributed by atoms with van der Waals surface area (Å²) in [7, 11) is 0. The van der Waals surface area contributed by atoms with E-state index in [1.807, 2.05) is 31.2 Å². The second-order valence-corrected chi connectivity index (χ2v) is 6.20. The summed E-state index contributed by atoms with van der Waals surface area (Å²) in [5.41, 5.74) is 0.556. The van der Waals surface area contributed by atoms with Crippen molar-refractivity contribution in [1.29, 1.82) is 5.26 Å². The Morgan fingerprint density at radius 2 is 2.06 bits per heavy atom. The zero-order valence-corrected chi connectivity index (χ0v) is 12.3. The maximum Gasteiger partial charge on any atom is 0.125 e. The van der Waals surface area contributed by atoms with E-state index in [0.29, 0.717) is 5.92 Å². The summed E-state index contributed by atoms with van der Waals surface area (Å²) in [5, 5.41) is 13.0. The first-order valence-corrected chi connectivity index (χ1v) is 7.38. The number of nitrogens with one attached hydrogen (secondary N) is 1. The van der Waals surface area contributed by atoms with Crippen molar-refractivity contribution in [3.63, 3.8) is 0 Å². The molecule has 0 aromatic heterocycles. The predicted molar refractivity (Wildman–Crippen MR) is 78.4 cm³/mol. The first-order chi connectivity index (χ1) is 8.64. The molecule has 0 aliphatic heterocycles. The number of anilines is 1. The second kappa shape index (κ2) is 5.75. The van der Waals surface area contributed by atoms with E-state index < -0.39 is 5.54 Å². The Bertz CT molecular complexity index is 446. The molecule has 1 aliphatic rings. The molecule has 0 heterocycles. The topological polar surface area (TPSA) is 35.8 Å². The van der Waals surface area contributed by atoms with Crippen LogP contribution in [0.1, 0.15) is 39.0 Å². The van der Waals surface area contributed by atoms with Gasteiger partial charge < -0.3 is 5.32 Å². The van der Waals surface area contributed by atoms with Crippen LogP contribution in [0.5, 0.6) is 0 Å². The molecule has 1 aromatic rings. The Labute approximate surface area is 118 Å². The van der Waals surface area contributed by atoms with Crippen molar-refractivity contribution in [3.8, 4) is 6.07 Å². The van der Waals surface area contributed by atoms with Crippen LogP contribution >= 0.6 is 15.9 Å². The highest BCUT2D eigenvalue weighted by atomic mass is 79.9. The predicted octanol–water partition coefficient (Wildman–Crippen LogP) is 4.72. The lowest BCUT2D eigenvalue weighted by Gasteiger charge is -2.36. The van der Waals surface area contributed by atoms with Crippen LogP contribution in [0.2, 0.25) is 0 Å². The largest absolute Gasteiger partial charge is 0.367 e. The summed E-state index contributed by atoms with van der Waals surface area (Å²) in [4.78, 5) is 0. The Balaban J connectivity index is 2.15. The highest BCUT2D eigenvalue weighted by Gasteiger charge is 2.35. The van der Waals surface area contributed by atoms with Crippen molar-refractivity contribution in [2.24, 2.45) is 5.92 Å². The number of rotatable bonds is 3. The van der Waals surface area contributed by atoms with Crippen LogP contribution in [0.3, 0.4) is 0 Å². The van der Waals surface area contributed by atoms with Gasteiger partial charge in [-0.3, -0.25) is 0 Å². The summed E-state index contributed by atoms with van der Waals surface area (Å²) < 4.78 is 1.04. The van der Waals surface area contributed by atoms with Gasteiger partial charge in [0.25, 0.3) is 0 Å². The maximum absolute atomic E-state index is 9.54. The van der Waals surface area contributed by atoms with Gasteiger partial charge in [0.1, 0.15) is 5.54 Å². The summed E-state index contributed by atoms with van der Waals surface area (Å²) in [6.07, 6.45) is 6.13. The van der Waals surface area contributed by atoms with E-state index in [-0.39, 0.29) is 0 Å². The van der Waals surface area contributed by atoms with E-state index in [9.17, 15) is 5.26 Å². The van der Waals surface area contributed by atoms with Crippen molar-refractivity contribution in [2.45, 2.75) is 44.6 Å². The smallest absolute Gasteiger partial charge is 0.125 e. The van der Waals surface area contributed by atoms with Gasteiger partial charge in [0, 0.05) is 10.2 Å². The molecular weight excluding hydrogens is 288 g/mol. The molecule has 1 aromatic carbocycles. The van der Waals surface area contributed by atoms with E-state index in [0.717, 1.165) is 23.0 Å². The van der Waals surface area contributed by atoms with Gasteiger partial charge >= 0.3 is 0 Å². The molecule has 1 saturated carbocycles. The zero-order valence-electron chi connectivity index (χ0n) is 10.7. The molecule has 0 radical (unpaired) electrons. The average Bonchev–Trinajstić information content (AvgIpc) is 2.39. The fourth-order valence-corrected chi connectivity index (χ4v) is 3.17. The van der Waals surface area contributed by atoms with Crippen molar-refractivity contribution in [2.75, 3.05) is 5.32 Å². The van der Waals surface area contributed by atoms with E-state index in [4.69, 9.17) is 0 Å². The lowest BCUT2D eigenvalue weighted by molar-refractivity contribution is 0.286. The SMILES string of the molecule is CC(C#N)(Nc1cccc(Br)c1)C1CCCCC1. The molecule has 3 heteroatoms. The summed E-state index contributed by atoms with van der Waals surface area (Å²) in [5.74, 6) is 0.454. The molecule has 2 nitrogen and oxygen atoms in total. The molecule has 18 heavy (non-hydrogen) atoms. The minimum absolute atomic E-state index is 0.454. The van der Waals surface area contributed by atoms with Crippen LogP contribution < -0.4 is 5.32 Å². The van der Waals surface area contributed by atoms with E-state index in [1.54, 1.807) is 0 Å². The molecule has 0 bridgehead atoms. The molecular formula is C15H19BrN2. The lowest BCUT2D eigenvalue weighted by Crippen LogP contribution is -2.42. The molecule has 0 amide bonds. The summed E-state index contributed by atoms with van der Waals surface area (Å²) in [6, 6.07) is 10.5. The van der Waals surface area contributed by atoms with E-state index in [2.05, 4.69) is 27.3 Å². The third-order valence-corrected chi connectivity index (χ3v) is 4.38. The molecule has 1 atom stereocenters. The van der Waals surface area contributed by atoms with Gasteiger partial charge in [-0.05, 0) is 43.9 Å². The van der Waals surface area contributed by atoms with Gasteiger partial charge in [0.05, 0.1) is 6.07 Å². The molecule has 1 fully saturated rings. The van der Waals surface area contributed by atoms with Crippen molar-refractivity contribution < 1.29 is 0 Å². The molecule has 0 saturated heterocycles. The normalized spacial score (nSPS) is 19.8. The number of hydrogen-bond donors (Lipinski definition) is 1. The summed E-state index contributed by atoms with van der Waals surface area (Å²) in [6.45, 7) is 2.03. The maximum atomic E-state index is 9.54. The fourth-order valence-electron chi connectivity index (χ4n) is 2.77. The van der Waals surface area contributed by atoms with E-state index in [1.165, 1.54) is 19.3 Å². The third-order valence-electron chi connectivity index (χ3n) is 3.88. The molecule has 2 rings (SSSR count). The number of benzene rings is 1. The first kappa shape index (κ1) is 13.4. The number of nitriles is 1. The second-order valence-electron chi connectivity index (χ2n) is 5.28. The van der Waals surface area contributed by atoms with Gasteiger partial charge in [-0.2, -0.15) is 5.26 Å². The Kier molecular flexibility index (Phi) is 4.29. The van der Waals surface area contributed by atoms with Crippen LogP contribution in [0, 0.1) is 17.2 Å². The quantitative estimate of drug-likeness (QED) is 0.876. The molecule has 96 valence electrons. The van der Waals surface area contributed by atoms with Gasteiger partial charge in [0.15, 0.2) is 0 Å². The number of hydrogen-bond acceptors (Lipinski definition) is 2. The Morgan fingerprint density at radius 3 is 2.67 bits per heavy atom. The van der Waals surface area contributed by atoms with Crippen molar-refractivity contribution >= 4 is 21.6 Å². The highest BCUT2D eigenvalue weighted by Crippen LogP contribution is 2.34. The minimum Gasteiger partial charge on any atom is -0.367 e. The van der Waals surface area contributed by atoms with Crippen LogP contribution in [0.25, 0.3) is 0 Å². The molecule has 1 N–H and O–H groups in total. The molecule has 1 aliphatic carbocycles. The van der Waals surface area contributed by atoms with Crippen molar-refractivity contribution in [1.82, 2.24) is 0 Å². The Morgan fingerprint density at radius 1 is 1.33 bits per heavy atom. The number of nitrogens with zero attached hydrogens (tertiary/aromatic N) is 1. The monoisotopic (exact) mass is 306 g/mol. The van der Waals surface area contributed by atoms with Crippen molar-refractivity contribution in [3.05, 3.63) is 28.7 Å². The lowest BCUT2D eigenvalue weighted by atomic mass is 9.76. The van der Waals surface area contributed by atoms with Crippen LogP contribution in [0.15, 0.2) is 28.7 Å². The van der Waals surface area contributed by atoms with Gasteiger partial charge in [-0.1, -0.05) is 41.3 Å². The number of halogens is 1. The minimum atomic E-state index is -0.457. The Hall–Kier alpha value is -1.01. The van der Waals surface area contributed by atoms with Crippen LogP contribution in [-0.2, 0) is 0 Å². The van der Waals surface area contributed by atoms with Gasteiger partial charge in [-0.25, -0.2) is 0 Å². The first-order valence-electron chi connectivity index (χ1n) is 6.59.